The first-order chi connectivity index (χ1) is 11.3. The SMILES string of the molecule is COC(=O)c1ncn([C@@H]2O[C@H](COC(C)=O)[C@H]3OC(C)(C)O[C@H]32)n1. The first-order valence-corrected chi connectivity index (χ1v) is 7.44. The van der Waals surface area contributed by atoms with Crippen LogP contribution in [0.5, 0.6) is 0 Å². The number of hydrogen-bond donors (Lipinski definition) is 0. The van der Waals surface area contributed by atoms with Crippen LogP contribution in [0.15, 0.2) is 6.33 Å². The molecule has 0 saturated carbocycles. The van der Waals surface area contributed by atoms with E-state index in [9.17, 15) is 9.59 Å². The van der Waals surface area contributed by atoms with Crippen LogP contribution in [0.1, 0.15) is 37.6 Å². The molecule has 2 aliphatic rings. The van der Waals surface area contributed by atoms with Crippen molar-refractivity contribution in [3.05, 3.63) is 12.2 Å². The Morgan fingerprint density at radius 1 is 1.33 bits per heavy atom. The van der Waals surface area contributed by atoms with Crippen LogP contribution in [0.4, 0.5) is 0 Å². The number of methoxy groups -OCH3 is 1. The van der Waals surface area contributed by atoms with Gasteiger partial charge in [-0.15, -0.1) is 5.10 Å². The Morgan fingerprint density at radius 3 is 2.71 bits per heavy atom. The van der Waals surface area contributed by atoms with Gasteiger partial charge in [0, 0.05) is 6.92 Å². The normalized spacial score (nSPS) is 30.8. The van der Waals surface area contributed by atoms with E-state index in [0.717, 1.165) is 0 Å². The third kappa shape index (κ3) is 3.12. The highest BCUT2D eigenvalue weighted by atomic mass is 16.8. The third-order valence-electron chi connectivity index (χ3n) is 3.71. The molecule has 10 nitrogen and oxygen atoms in total. The molecule has 2 saturated heterocycles. The summed E-state index contributed by atoms with van der Waals surface area (Å²) in [7, 11) is 1.25. The van der Waals surface area contributed by atoms with Crippen LogP contribution in [0, 0.1) is 0 Å². The molecule has 2 aliphatic heterocycles. The highest BCUT2D eigenvalue weighted by Gasteiger charge is 2.56. The summed E-state index contributed by atoms with van der Waals surface area (Å²) < 4.78 is 28.6. The first kappa shape index (κ1) is 16.8. The molecule has 1 aromatic rings. The van der Waals surface area contributed by atoms with E-state index in [4.69, 9.17) is 18.9 Å². The molecule has 0 N–H and O–H groups in total. The van der Waals surface area contributed by atoms with Crippen LogP contribution in [0.2, 0.25) is 0 Å². The predicted octanol–water partition coefficient (Wildman–Crippen LogP) is 0.0453. The molecular weight excluding hydrogens is 322 g/mol. The molecule has 10 heteroatoms. The Balaban J connectivity index is 1.81. The van der Waals surface area contributed by atoms with E-state index < -0.39 is 42.3 Å². The molecule has 0 aromatic carbocycles. The summed E-state index contributed by atoms with van der Waals surface area (Å²) in [6.07, 6.45) is -0.737. The zero-order chi connectivity index (χ0) is 17.5. The predicted molar refractivity (Wildman–Crippen MR) is 75.7 cm³/mol. The molecule has 3 rings (SSSR count). The van der Waals surface area contributed by atoms with Gasteiger partial charge < -0.3 is 23.7 Å². The van der Waals surface area contributed by atoms with Gasteiger partial charge in [0.2, 0.25) is 0 Å². The molecule has 1 aromatic heterocycles. The van der Waals surface area contributed by atoms with Crippen LogP contribution in [-0.2, 0) is 28.5 Å². The monoisotopic (exact) mass is 341 g/mol. The molecule has 0 aliphatic carbocycles. The second-order valence-corrected chi connectivity index (χ2v) is 5.97. The number of fused-ring (bicyclic) bond motifs is 1. The maximum absolute atomic E-state index is 11.5. The maximum Gasteiger partial charge on any atom is 0.377 e. The average molecular weight is 341 g/mol. The van der Waals surface area contributed by atoms with Crippen molar-refractivity contribution in [2.45, 2.75) is 51.1 Å². The van der Waals surface area contributed by atoms with E-state index >= 15 is 0 Å². The van der Waals surface area contributed by atoms with Gasteiger partial charge in [0.1, 0.15) is 31.2 Å². The van der Waals surface area contributed by atoms with Crippen molar-refractivity contribution in [3.8, 4) is 0 Å². The van der Waals surface area contributed by atoms with Crippen molar-refractivity contribution in [1.29, 1.82) is 0 Å². The molecule has 0 radical (unpaired) electrons. The first-order valence-electron chi connectivity index (χ1n) is 7.44. The lowest BCUT2D eigenvalue weighted by Crippen LogP contribution is -2.33. The fourth-order valence-corrected chi connectivity index (χ4v) is 2.79. The van der Waals surface area contributed by atoms with Gasteiger partial charge in [-0.3, -0.25) is 4.79 Å². The van der Waals surface area contributed by atoms with Crippen LogP contribution in [-0.4, -0.2) is 64.5 Å². The van der Waals surface area contributed by atoms with Crippen LogP contribution in [0.25, 0.3) is 0 Å². The summed E-state index contributed by atoms with van der Waals surface area (Å²) in [6.45, 7) is 4.92. The summed E-state index contributed by atoms with van der Waals surface area (Å²) >= 11 is 0. The van der Waals surface area contributed by atoms with Crippen LogP contribution in [0.3, 0.4) is 0 Å². The summed E-state index contributed by atoms with van der Waals surface area (Å²) in [5.74, 6) is -1.95. The maximum atomic E-state index is 11.5. The highest BCUT2D eigenvalue weighted by molar-refractivity contribution is 5.84. The summed E-state index contributed by atoms with van der Waals surface area (Å²) in [5, 5.41) is 4.06. The second kappa shape index (κ2) is 6.11. The van der Waals surface area contributed by atoms with Crippen molar-refractivity contribution in [2.24, 2.45) is 0 Å². The fraction of sp³-hybridized carbons (Fsp3) is 0.714. The van der Waals surface area contributed by atoms with Gasteiger partial charge >= 0.3 is 11.9 Å². The minimum atomic E-state index is -0.808. The number of aromatic nitrogens is 3. The van der Waals surface area contributed by atoms with Crippen molar-refractivity contribution in [2.75, 3.05) is 13.7 Å². The van der Waals surface area contributed by atoms with Gasteiger partial charge in [0.25, 0.3) is 5.82 Å². The minimum Gasteiger partial charge on any atom is -0.463 e. The lowest BCUT2D eigenvalue weighted by atomic mass is 10.1. The third-order valence-corrected chi connectivity index (χ3v) is 3.71. The lowest BCUT2D eigenvalue weighted by Gasteiger charge is -2.23. The quantitative estimate of drug-likeness (QED) is 0.701. The van der Waals surface area contributed by atoms with E-state index in [1.165, 1.54) is 25.0 Å². The zero-order valence-electron chi connectivity index (χ0n) is 13.8. The second-order valence-electron chi connectivity index (χ2n) is 5.97. The largest absolute Gasteiger partial charge is 0.463 e. The molecule has 0 amide bonds. The molecule has 2 fully saturated rings. The molecule has 0 unspecified atom stereocenters. The van der Waals surface area contributed by atoms with Crippen molar-refractivity contribution >= 4 is 11.9 Å². The Labute approximate surface area is 138 Å². The number of ether oxygens (including phenoxy) is 5. The number of carbonyl (C=O) groups excluding carboxylic acids is 2. The van der Waals surface area contributed by atoms with E-state index in [0.29, 0.717) is 0 Å². The number of esters is 2. The minimum absolute atomic E-state index is 0.0327. The summed E-state index contributed by atoms with van der Waals surface area (Å²) in [5.41, 5.74) is 0. The molecule has 3 heterocycles. The van der Waals surface area contributed by atoms with E-state index in [1.54, 1.807) is 13.8 Å². The molecule has 0 bridgehead atoms. The standard InChI is InChI=1S/C14H19N3O7/c1-7(18)21-5-8-9-10(24-14(2,3)23-9)12(22-8)17-6-15-11(16-17)13(19)20-4/h6,8-10,12H,5H2,1-4H3/t8-,9-,10-,12-/m1/s1. The average Bonchev–Trinajstić information content (AvgIpc) is 3.17. The topological polar surface area (TPSA) is 111 Å². The van der Waals surface area contributed by atoms with Gasteiger partial charge in [0.15, 0.2) is 12.0 Å². The van der Waals surface area contributed by atoms with Crippen molar-refractivity contribution in [1.82, 2.24) is 14.8 Å². The summed E-state index contributed by atoms with van der Waals surface area (Å²) in [6, 6.07) is 0. The number of hydrogen-bond acceptors (Lipinski definition) is 9. The van der Waals surface area contributed by atoms with Crippen molar-refractivity contribution < 1.29 is 33.3 Å². The molecule has 24 heavy (non-hydrogen) atoms. The number of carbonyl (C=O) groups is 2. The van der Waals surface area contributed by atoms with Crippen LogP contribution >= 0.6 is 0 Å². The number of rotatable bonds is 4. The smallest absolute Gasteiger partial charge is 0.377 e. The van der Waals surface area contributed by atoms with E-state index in [2.05, 4.69) is 14.8 Å². The molecular formula is C14H19N3O7. The molecule has 4 atom stereocenters. The van der Waals surface area contributed by atoms with E-state index in [-0.39, 0.29) is 12.4 Å². The van der Waals surface area contributed by atoms with Gasteiger partial charge in [-0.2, -0.15) is 0 Å². The Bertz CT molecular complexity index is 644. The Morgan fingerprint density at radius 2 is 2.04 bits per heavy atom. The Kier molecular flexibility index (Phi) is 4.28. The molecule has 0 spiro atoms. The zero-order valence-corrected chi connectivity index (χ0v) is 13.8. The molecule has 132 valence electrons. The van der Waals surface area contributed by atoms with Gasteiger partial charge in [-0.25, -0.2) is 14.5 Å². The number of nitrogens with zero attached hydrogens (tertiary/aromatic N) is 3. The lowest BCUT2D eigenvalue weighted by molar-refractivity contribution is -0.203. The Hall–Kier alpha value is -2.04. The summed E-state index contributed by atoms with van der Waals surface area (Å²) in [4.78, 5) is 26.5. The van der Waals surface area contributed by atoms with Crippen LogP contribution < -0.4 is 0 Å². The van der Waals surface area contributed by atoms with Gasteiger partial charge in [-0.05, 0) is 13.8 Å². The van der Waals surface area contributed by atoms with E-state index in [1.807, 2.05) is 0 Å². The highest BCUT2D eigenvalue weighted by Crippen LogP contribution is 2.42. The van der Waals surface area contributed by atoms with Gasteiger partial charge in [0.05, 0.1) is 7.11 Å². The van der Waals surface area contributed by atoms with Gasteiger partial charge in [-0.1, -0.05) is 0 Å². The van der Waals surface area contributed by atoms with Crippen molar-refractivity contribution in [3.63, 3.8) is 0 Å². The fourth-order valence-electron chi connectivity index (χ4n) is 2.79.